The standard InChI is InChI=1S/C7H6N4O/c8-4-9-5-2-1-3-6-7(5)11-12-10-6/h1-4H,(H2,8,9). The van der Waals surface area contributed by atoms with Crippen LogP contribution in [0.5, 0.6) is 0 Å². The summed E-state index contributed by atoms with van der Waals surface area (Å²) in [6.07, 6.45) is 1.21. The summed E-state index contributed by atoms with van der Waals surface area (Å²) < 4.78 is 4.54. The first-order valence-corrected chi connectivity index (χ1v) is 3.37. The average molecular weight is 162 g/mol. The fourth-order valence-electron chi connectivity index (χ4n) is 0.976. The van der Waals surface area contributed by atoms with Crippen LogP contribution < -0.4 is 5.73 Å². The van der Waals surface area contributed by atoms with Crippen molar-refractivity contribution in [3.63, 3.8) is 0 Å². The minimum Gasteiger partial charge on any atom is -0.390 e. The molecule has 1 heterocycles. The van der Waals surface area contributed by atoms with Crippen LogP contribution in [-0.4, -0.2) is 16.7 Å². The minimum absolute atomic E-state index is 0.624. The molecule has 0 spiro atoms. The van der Waals surface area contributed by atoms with E-state index in [1.807, 2.05) is 6.07 Å². The van der Waals surface area contributed by atoms with Crippen LogP contribution in [0, 0.1) is 0 Å². The zero-order valence-corrected chi connectivity index (χ0v) is 6.14. The summed E-state index contributed by atoms with van der Waals surface area (Å²) in [6, 6.07) is 5.39. The highest BCUT2D eigenvalue weighted by atomic mass is 16.6. The van der Waals surface area contributed by atoms with Crippen LogP contribution in [0.25, 0.3) is 11.0 Å². The highest BCUT2D eigenvalue weighted by molar-refractivity contribution is 5.86. The number of nitrogens with zero attached hydrogens (tertiary/aromatic N) is 3. The molecule has 0 aliphatic carbocycles. The summed E-state index contributed by atoms with van der Waals surface area (Å²) in [5, 5.41) is 7.34. The summed E-state index contributed by atoms with van der Waals surface area (Å²) in [6.45, 7) is 0. The van der Waals surface area contributed by atoms with E-state index in [2.05, 4.69) is 19.9 Å². The molecule has 2 rings (SSSR count). The number of hydrogen-bond donors (Lipinski definition) is 1. The summed E-state index contributed by atoms with van der Waals surface area (Å²) in [5.74, 6) is 0. The van der Waals surface area contributed by atoms with E-state index in [9.17, 15) is 0 Å². The zero-order chi connectivity index (χ0) is 8.39. The maximum Gasteiger partial charge on any atom is 0.160 e. The number of fused-ring (bicyclic) bond motifs is 1. The fraction of sp³-hybridized carbons (Fsp3) is 0. The first kappa shape index (κ1) is 6.78. The van der Waals surface area contributed by atoms with Crippen LogP contribution in [0.2, 0.25) is 0 Å². The molecule has 60 valence electrons. The third kappa shape index (κ3) is 0.914. The quantitative estimate of drug-likeness (QED) is 0.498. The van der Waals surface area contributed by atoms with Gasteiger partial charge in [-0.25, -0.2) is 9.62 Å². The van der Waals surface area contributed by atoms with Crippen LogP contribution in [0.15, 0.2) is 27.8 Å². The lowest BCUT2D eigenvalue weighted by Gasteiger charge is -1.89. The fourth-order valence-corrected chi connectivity index (χ4v) is 0.976. The number of benzene rings is 1. The molecule has 1 aromatic carbocycles. The van der Waals surface area contributed by atoms with E-state index in [-0.39, 0.29) is 0 Å². The largest absolute Gasteiger partial charge is 0.390 e. The van der Waals surface area contributed by atoms with Gasteiger partial charge in [0, 0.05) is 0 Å². The summed E-state index contributed by atoms with van der Waals surface area (Å²) in [5.41, 5.74) is 7.12. The SMILES string of the molecule is NC=Nc1cccc2nonc12. The number of aliphatic imine (C=N–C) groups is 1. The van der Waals surface area contributed by atoms with E-state index in [0.29, 0.717) is 16.7 Å². The number of rotatable bonds is 1. The molecule has 0 aliphatic heterocycles. The number of nitrogens with two attached hydrogens (primary N) is 1. The molecule has 0 aliphatic rings. The van der Waals surface area contributed by atoms with Crippen molar-refractivity contribution in [1.29, 1.82) is 0 Å². The molecule has 0 fully saturated rings. The minimum atomic E-state index is 0.624. The van der Waals surface area contributed by atoms with E-state index in [1.54, 1.807) is 12.1 Å². The molecule has 12 heavy (non-hydrogen) atoms. The first-order valence-electron chi connectivity index (χ1n) is 3.37. The lowest BCUT2D eigenvalue weighted by Crippen LogP contribution is -1.86. The van der Waals surface area contributed by atoms with Gasteiger partial charge in [-0.05, 0) is 22.4 Å². The van der Waals surface area contributed by atoms with Gasteiger partial charge in [0.15, 0.2) is 5.52 Å². The van der Waals surface area contributed by atoms with E-state index < -0.39 is 0 Å². The Balaban J connectivity index is 2.73. The molecular weight excluding hydrogens is 156 g/mol. The Morgan fingerprint density at radius 1 is 1.42 bits per heavy atom. The van der Waals surface area contributed by atoms with Gasteiger partial charge in [-0.15, -0.1) is 0 Å². The molecule has 5 nitrogen and oxygen atoms in total. The van der Waals surface area contributed by atoms with Crippen molar-refractivity contribution in [2.24, 2.45) is 10.7 Å². The third-order valence-electron chi connectivity index (χ3n) is 1.48. The van der Waals surface area contributed by atoms with Crippen molar-refractivity contribution in [3.05, 3.63) is 18.2 Å². The van der Waals surface area contributed by atoms with E-state index in [0.717, 1.165) is 0 Å². The second-order valence-corrected chi connectivity index (χ2v) is 2.19. The Kier molecular flexibility index (Phi) is 1.48. The number of hydrogen-bond acceptors (Lipinski definition) is 4. The van der Waals surface area contributed by atoms with Crippen molar-refractivity contribution < 1.29 is 4.63 Å². The zero-order valence-electron chi connectivity index (χ0n) is 6.14. The van der Waals surface area contributed by atoms with Gasteiger partial charge in [0.05, 0.1) is 12.0 Å². The van der Waals surface area contributed by atoms with Gasteiger partial charge in [-0.2, -0.15) is 0 Å². The van der Waals surface area contributed by atoms with E-state index >= 15 is 0 Å². The molecule has 0 amide bonds. The maximum absolute atomic E-state index is 5.15. The summed E-state index contributed by atoms with van der Waals surface area (Å²) in [7, 11) is 0. The molecule has 1 aromatic heterocycles. The van der Waals surface area contributed by atoms with Gasteiger partial charge in [-0.1, -0.05) is 6.07 Å². The molecule has 0 saturated heterocycles. The maximum atomic E-state index is 5.15. The normalized spacial score (nSPS) is 11.3. The average Bonchev–Trinajstić information content (AvgIpc) is 2.53. The van der Waals surface area contributed by atoms with Gasteiger partial charge < -0.3 is 5.73 Å². The molecule has 2 N–H and O–H groups in total. The topological polar surface area (TPSA) is 77.3 Å². The third-order valence-corrected chi connectivity index (χ3v) is 1.48. The highest BCUT2D eigenvalue weighted by Crippen LogP contribution is 2.21. The Bertz CT molecular complexity index is 420. The van der Waals surface area contributed by atoms with Crippen molar-refractivity contribution in [1.82, 2.24) is 10.3 Å². The molecule has 0 bridgehead atoms. The summed E-state index contributed by atoms with van der Waals surface area (Å²) >= 11 is 0. The monoisotopic (exact) mass is 162 g/mol. The van der Waals surface area contributed by atoms with Gasteiger partial charge >= 0.3 is 0 Å². The number of aromatic nitrogens is 2. The first-order chi connectivity index (χ1) is 5.92. The van der Waals surface area contributed by atoms with Crippen LogP contribution in [0.3, 0.4) is 0 Å². The second kappa shape index (κ2) is 2.61. The molecule has 0 radical (unpaired) electrons. The Morgan fingerprint density at radius 3 is 3.17 bits per heavy atom. The Labute approximate surface area is 67.8 Å². The van der Waals surface area contributed by atoms with Gasteiger partial charge in [0.2, 0.25) is 0 Å². The molecule has 0 atom stereocenters. The molecule has 0 unspecified atom stereocenters. The lowest BCUT2D eigenvalue weighted by atomic mass is 10.3. The van der Waals surface area contributed by atoms with Crippen LogP contribution in [0.4, 0.5) is 5.69 Å². The smallest absolute Gasteiger partial charge is 0.160 e. The van der Waals surface area contributed by atoms with Crippen molar-refractivity contribution in [3.8, 4) is 0 Å². The molecule has 5 heteroatoms. The molecule has 2 aromatic rings. The van der Waals surface area contributed by atoms with E-state index in [4.69, 9.17) is 5.73 Å². The Hall–Kier alpha value is -1.91. The van der Waals surface area contributed by atoms with Crippen LogP contribution >= 0.6 is 0 Å². The predicted molar refractivity (Wildman–Crippen MR) is 44.1 cm³/mol. The molecule has 0 saturated carbocycles. The highest BCUT2D eigenvalue weighted by Gasteiger charge is 2.03. The lowest BCUT2D eigenvalue weighted by molar-refractivity contribution is 0.315. The van der Waals surface area contributed by atoms with Crippen molar-refractivity contribution in [2.75, 3.05) is 0 Å². The van der Waals surface area contributed by atoms with Crippen molar-refractivity contribution in [2.45, 2.75) is 0 Å². The predicted octanol–water partition coefficient (Wildman–Crippen LogP) is 0.841. The van der Waals surface area contributed by atoms with Gasteiger partial charge in [0.1, 0.15) is 5.52 Å². The van der Waals surface area contributed by atoms with E-state index in [1.165, 1.54) is 6.34 Å². The Morgan fingerprint density at radius 2 is 2.33 bits per heavy atom. The van der Waals surface area contributed by atoms with Crippen LogP contribution in [0.1, 0.15) is 0 Å². The van der Waals surface area contributed by atoms with Gasteiger partial charge in [-0.3, -0.25) is 0 Å². The van der Waals surface area contributed by atoms with Crippen molar-refractivity contribution >= 4 is 23.1 Å². The summed E-state index contributed by atoms with van der Waals surface area (Å²) in [4.78, 5) is 3.90. The van der Waals surface area contributed by atoms with Gasteiger partial charge in [0.25, 0.3) is 0 Å². The second-order valence-electron chi connectivity index (χ2n) is 2.19. The van der Waals surface area contributed by atoms with Crippen LogP contribution in [-0.2, 0) is 0 Å². The molecular formula is C7H6N4O.